The third-order valence-corrected chi connectivity index (χ3v) is 5.19. The Bertz CT molecular complexity index is 752. The van der Waals surface area contributed by atoms with E-state index in [9.17, 15) is 8.42 Å². The second-order valence-electron chi connectivity index (χ2n) is 5.18. The predicted octanol–water partition coefficient (Wildman–Crippen LogP) is 1.55. The molecule has 7 heteroatoms. The number of rotatable bonds is 4. The van der Waals surface area contributed by atoms with Gasteiger partial charge in [-0.25, -0.2) is 0 Å². The minimum atomic E-state index is -3.69. The fourth-order valence-corrected chi connectivity index (χ4v) is 3.99. The number of sulfonamides is 1. The van der Waals surface area contributed by atoms with Gasteiger partial charge in [0.1, 0.15) is 0 Å². The number of anilines is 1. The fraction of sp³-hybridized carbons (Fsp3) is 0.357. The first-order valence-electron chi connectivity index (χ1n) is 6.97. The first-order chi connectivity index (χ1) is 10.1. The van der Waals surface area contributed by atoms with Crippen LogP contribution in [0.1, 0.15) is 29.5 Å². The van der Waals surface area contributed by atoms with Crippen molar-refractivity contribution in [2.75, 3.05) is 4.72 Å². The lowest BCUT2D eigenvalue weighted by atomic mass is 9.91. The number of fused-ring (bicyclic) bond motifs is 1. The van der Waals surface area contributed by atoms with Crippen molar-refractivity contribution in [2.45, 2.75) is 37.3 Å². The van der Waals surface area contributed by atoms with Gasteiger partial charge in [-0.2, -0.15) is 13.5 Å². The number of nitrogens with two attached hydrogens (primary N) is 1. The van der Waals surface area contributed by atoms with Crippen molar-refractivity contribution in [3.05, 3.63) is 41.1 Å². The SMILES string of the molecule is NCc1cn[nH]c1S(=O)(=O)Nc1cccc2c1CCCC2. The number of hydrogen-bond acceptors (Lipinski definition) is 4. The van der Waals surface area contributed by atoms with Gasteiger partial charge in [0.25, 0.3) is 10.0 Å². The monoisotopic (exact) mass is 306 g/mol. The third-order valence-electron chi connectivity index (χ3n) is 3.81. The minimum Gasteiger partial charge on any atom is -0.326 e. The number of benzene rings is 1. The highest BCUT2D eigenvalue weighted by atomic mass is 32.2. The molecule has 1 aromatic heterocycles. The maximum atomic E-state index is 12.5. The Morgan fingerprint density at radius 1 is 1.29 bits per heavy atom. The molecule has 0 atom stereocenters. The molecule has 0 bridgehead atoms. The van der Waals surface area contributed by atoms with Crippen molar-refractivity contribution in [1.29, 1.82) is 0 Å². The van der Waals surface area contributed by atoms with Crippen LogP contribution in [0.2, 0.25) is 0 Å². The van der Waals surface area contributed by atoms with Crippen LogP contribution < -0.4 is 10.5 Å². The molecule has 0 aliphatic heterocycles. The Morgan fingerprint density at radius 2 is 2.10 bits per heavy atom. The molecule has 6 nitrogen and oxygen atoms in total. The maximum Gasteiger partial charge on any atom is 0.279 e. The zero-order valence-corrected chi connectivity index (χ0v) is 12.4. The topological polar surface area (TPSA) is 101 Å². The van der Waals surface area contributed by atoms with Crippen molar-refractivity contribution >= 4 is 15.7 Å². The average Bonchev–Trinajstić information content (AvgIpc) is 2.97. The molecule has 112 valence electrons. The van der Waals surface area contributed by atoms with Crippen molar-refractivity contribution in [3.63, 3.8) is 0 Å². The summed E-state index contributed by atoms with van der Waals surface area (Å²) in [6, 6.07) is 5.76. The number of nitrogens with one attached hydrogen (secondary N) is 2. The molecule has 3 rings (SSSR count). The number of aromatic nitrogens is 2. The van der Waals surface area contributed by atoms with Gasteiger partial charge in [-0.1, -0.05) is 12.1 Å². The van der Waals surface area contributed by atoms with Crippen LogP contribution in [0.3, 0.4) is 0 Å². The molecule has 1 aliphatic rings. The van der Waals surface area contributed by atoms with Crippen molar-refractivity contribution in [2.24, 2.45) is 5.73 Å². The Morgan fingerprint density at radius 3 is 2.90 bits per heavy atom. The summed E-state index contributed by atoms with van der Waals surface area (Å²) in [5.74, 6) is 0. The standard InChI is InChI=1S/C14H18N4O2S/c15-8-11-9-16-17-14(11)21(19,20)18-13-7-3-5-10-4-1-2-6-12(10)13/h3,5,7,9,18H,1-2,4,6,8,15H2,(H,16,17). The smallest absolute Gasteiger partial charge is 0.279 e. The Kier molecular flexibility index (Phi) is 3.69. The molecular formula is C14H18N4O2S. The first kappa shape index (κ1) is 14.1. The molecule has 0 saturated heterocycles. The van der Waals surface area contributed by atoms with E-state index in [0.29, 0.717) is 11.3 Å². The molecule has 0 saturated carbocycles. The molecular weight excluding hydrogens is 288 g/mol. The molecule has 0 spiro atoms. The maximum absolute atomic E-state index is 12.5. The highest BCUT2D eigenvalue weighted by Gasteiger charge is 2.22. The first-order valence-corrected chi connectivity index (χ1v) is 8.46. The number of aryl methyl sites for hydroxylation is 1. The second-order valence-corrected chi connectivity index (χ2v) is 6.80. The number of hydrogen-bond donors (Lipinski definition) is 3. The summed E-state index contributed by atoms with van der Waals surface area (Å²) in [4.78, 5) is 0. The van der Waals surface area contributed by atoms with Gasteiger partial charge in [-0.15, -0.1) is 0 Å². The van der Waals surface area contributed by atoms with Crippen molar-refractivity contribution in [1.82, 2.24) is 10.2 Å². The van der Waals surface area contributed by atoms with E-state index in [1.54, 1.807) is 6.07 Å². The molecule has 1 heterocycles. The van der Waals surface area contributed by atoms with E-state index < -0.39 is 10.0 Å². The van der Waals surface area contributed by atoms with Gasteiger partial charge in [0.2, 0.25) is 0 Å². The Balaban J connectivity index is 1.97. The van der Waals surface area contributed by atoms with Crippen LogP contribution in [0, 0.1) is 0 Å². The van der Waals surface area contributed by atoms with Crippen LogP contribution >= 0.6 is 0 Å². The molecule has 2 aromatic rings. The largest absolute Gasteiger partial charge is 0.326 e. The molecule has 1 aliphatic carbocycles. The van der Waals surface area contributed by atoms with Gasteiger partial charge in [-0.3, -0.25) is 9.82 Å². The van der Waals surface area contributed by atoms with Crippen LogP contribution in [0.15, 0.2) is 29.4 Å². The summed E-state index contributed by atoms with van der Waals surface area (Å²) < 4.78 is 27.6. The van der Waals surface area contributed by atoms with Gasteiger partial charge in [0.05, 0.1) is 11.9 Å². The lowest BCUT2D eigenvalue weighted by Gasteiger charge is -2.20. The van der Waals surface area contributed by atoms with E-state index >= 15 is 0 Å². The molecule has 0 amide bonds. The molecule has 4 N–H and O–H groups in total. The number of aromatic amines is 1. The zero-order chi connectivity index (χ0) is 14.9. The predicted molar refractivity (Wildman–Crippen MR) is 80.4 cm³/mol. The Hall–Kier alpha value is -1.86. The Labute approximate surface area is 123 Å². The summed E-state index contributed by atoms with van der Waals surface area (Å²) >= 11 is 0. The van der Waals surface area contributed by atoms with Crippen LogP contribution in [0.25, 0.3) is 0 Å². The summed E-state index contributed by atoms with van der Waals surface area (Å²) in [5.41, 5.74) is 9.01. The van der Waals surface area contributed by atoms with Gasteiger partial charge in [0, 0.05) is 12.1 Å². The van der Waals surface area contributed by atoms with Crippen LogP contribution in [-0.4, -0.2) is 18.6 Å². The van der Waals surface area contributed by atoms with Gasteiger partial charge in [-0.05, 0) is 42.9 Å². The van der Waals surface area contributed by atoms with Gasteiger partial charge in [0.15, 0.2) is 5.03 Å². The molecule has 0 fully saturated rings. The number of H-pyrrole nitrogens is 1. The van der Waals surface area contributed by atoms with Crippen molar-refractivity contribution in [3.8, 4) is 0 Å². The fourth-order valence-electron chi connectivity index (χ4n) is 2.75. The quantitative estimate of drug-likeness (QED) is 0.797. The summed E-state index contributed by atoms with van der Waals surface area (Å²) in [6.45, 7) is 0.125. The summed E-state index contributed by atoms with van der Waals surface area (Å²) in [5, 5.41) is 6.32. The van der Waals surface area contributed by atoms with E-state index in [0.717, 1.165) is 31.2 Å². The summed E-state index contributed by atoms with van der Waals surface area (Å²) in [7, 11) is -3.69. The molecule has 0 radical (unpaired) electrons. The van der Waals surface area contributed by atoms with Gasteiger partial charge < -0.3 is 5.73 Å². The lowest BCUT2D eigenvalue weighted by molar-refractivity contribution is 0.595. The van der Waals surface area contributed by atoms with E-state index in [2.05, 4.69) is 21.0 Å². The zero-order valence-electron chi connectivity index (χ0n) is 11.6. The van der Waals surface area contributed by atoms with Gasteiger partial charge >= 0.3 is 0 Å². The van der Waals surface area contributed by atoms with E-state index in [4.69, 9.17) is 5.73 Å². The van der Waals surface area contributed by atoms with Crippen LogP contribution in [0.5, 0.6) is 0 Å². The number of nitrogens with zero attached hydrogens (tertiary/aromatic N) is 1. The van der Waals surface area contributed by atoms with E-state index in [1.807, 2.05) is 6.07 Å². The average molecular weight is 306 g/mol. The molecule has 1 aromatic carbocycles. The van der Waals surface area contributed by atoms with E-state index in [-0.39, 0.29) is 11.6 Å². The van der Waals surface area contributed by atoms with Crippen LogP contribution in [-0.2, 0) is 29.4 Å². The highest BCUT2D eigenvalue weighted by molar-refractivity contribution is 7.92. The van der Waals surface area contributed by atoms with Crippen LogP contribution in [0.4, 0.5) is 5.69 Å². The normalized spacial score (nSPS) is 14.7. The summed E-state index contributed by atoms with van der Waals surface area (Å²) in [6.07, 6.45) is 5.59. The van der Waals surface area contributed by atoms with E-state index in [1.165, 1.54) is 11.8 Å². The molecule has 0 unspecified atom stereocenters. The molecule has 21 heavy (non-hydrogen) atoms. The second kappa shape index (κ2) is 5.50. The third kappa shape index (κ3) is 2.66. The minimum absolute atomic E-state index is 0.0402. The lowest BCUT2D eigenvalue weighted by Crippen LogP contribution is -2.18. The highest BCUT2D eigenvalue weighted by Crippen LogP contribution is 2.29. The van der Waals surface area contributed by atoms with Crippen molar-refractivity contribution < 1.29 is 8.42 Å².